The molecule has 5 heteroatoms. The number of fused-ring (bicyclic) bond motifs is 5. The van der Waals surface area contributed by atoms with E-state index in [0.717, 1.165) is 18.2 Å². The van der Waals surface area contributed by atoms with Crippen LogP contribution in [0, 0.1) is 16.7 Å². The second-order valence-electron chi connectivity index (χ2n) is 6.65. The monoisotopic (exact) mass is 332 g/mol. The first-order valence-corrected chi connectivity index (χ1v) is 8.30. The van der Waals surface area contributed by atoms with Gasteiger partial charge in [0.25, 0.3) is 0 Å². The van der Waals surface area contributed by atoms with Crippen LogP contribution in [-0.4, -0.2) is 43.3 Å². The van der Waals surface area contributed by atoms with Crippen molar-refractivity contribution in [1.29, 1.82) is 0 Å². The van der Waals surface area contributed by atoms with Crippen LogP contribution in [0.25, 0.3) is 0 Å². The molecule has 4 rings (SSSR count). The largest absolute Gasteiger partial charge is 0.343 e. The van der Waals surface area contributed by atoms with Crippen molar-refractivity contribution in [2.75, 3.05) is 31.8 Å². The van der Waals surface area contributed by atoms with Gasteiger partial charge in [0.2, 0.25) is 11.6 Å². The lowest BCUT2D eigenvalue weighted by Gasteiger charge is -2.49. The minimum atomic E-state index is -0.720. The zero-order chi connectivity index (χ0) is 13.4. The van der Waals surface area contributed by atoms with Crippen LogP contribution in [0.1, 0.15) is 26.7 Å². The van der Waals surface area contributed by atoms with E-state index in [2.05, 4.69) is 29.8 Å². The molecule has 19 heavy (non-hydrogen) atoms. The second kappa shape index (κ2) is 3.74. The van der Waals surface area contributed by atoms with E-state index in [1.165, 1.54) is 0 Å². The van der Waals surface area contributed by atoms with Crippen molar-refractivity contribution in [3.8, 4) is 0 Å². The topological polar surface area (TPSA) is 36.9 Å². The first kappa shape index (κ1) is 13.0. The molecule has 0 aromatic carbocycles. The number of rotatable bonds is 1. The lowest BCUT2D eigenvalue weighted by molar-refractivity contribution is -0.381. The van der Waals surface area contributed by atoms with Gasteiger partial charge in [0, 0.05) is 16.7 Å². The van der Waals surface area contributed by atoms with Gasteiger partial charge in [-0.05, 0) is 18.3 Å². The zero-order valence-corrected chi connectivity index (χ0v) is 13.1. The van der Waals surface area contributed by atoms with Crippen molar-refractivity contribution in [2.45, 2.75) is 38.3 Å². The standard InChI is InChI=1S/C14H21BrO4/c1-11(9-15)10-3-4-12(11,2)14(18-7-8-19-14)13(10)16-5-6-17-13/h10H,3-9H2,1-2H3/t10-,11+,12-/m1/s1. The Morgan fingerprint density at radius 2 is 1.58 bits per heavy atom. The van der Waals surface area contributed by atoms with Crippen molar-refractivity contribution in [1.82, 2.24) is 0 Å². The molecule has 2 bridgehead atoms. The third-order valence-electron chi connectivity index (χ3n) is 6.29. The fraction of sp³-hybridized carbons (Fsp3) is 1.00. The first-order valence-electron chi connectivity index (χ1n) is 7.18. The summed E-state index contributed by atoms with van der Waals surface area (Å²) in [5, 5.41) is 0.921. The molecule has 0 radical (unpaired) electrons. The number of hydrogen-bond donors (Lipinski definition) is 0. The molecule has 0 aromatic heterocycles. The van der Waals surface area contributed by atoms with Gasteiger partial charge >= 0.3 is 0 Å². The minimum Gasteiger partial charge on any atom is -0.343 e. The Bertz CT molecular complexity index is 402. The Morgan fingerprint density at radius 1 is 1.00 bits per heavy atom. The quantitative estimate of drug-likeness (QED) is 0.690. The first-order chi connectivity index (χ1) is 9.06. The second-order valence-corrected chi connectivity index (χ2v) is 7.21. The molecule has 0 amide bonds. The number of hydrogen-bond acceptors (Lipinski definition) is 4. The predicted octanol–water partition coefficient (Wildman–Crippen LogP) is 2.30. The number of ether oxygens (including phenoxy) is 4. The zero-order valence-electron chi connectivity index (χ0n) is 11.5. The summed E-state index contributed by atoms with van der Waals surface area (Å²) in [6, 6.07) is 0. The molecule has 4 fully saturated rings. The Kier molecular flexibility index (Phi) is 2.56. The van der Waals surface area contributed by atoms with E-state index in [-0.39, 0.29) is 10.8 Å². The Labute approximate surface area is 122 Å². The van der Waals surface area contributed by atoms with Crippen LogP contribution in [0.5, 0.6) is 0 Å². The summed E-state index contributed by atoms with van der Waals surface area (Å²) in [6.07, 6.45) is 2.22. The van der Waals surface area contributed by atoms with Crippen molar-refractivity contribution in [2.24, 2.45) is 16.7 Å². The van der Waals surface area contributed by atoms with Crippen molar-refractivity contribution in [3.63, 3.8) is 0 Å². The summed E-state index contributed by atoms with van der Waals surface area (Å²) < 4.78 is 24.6. The highest BCUT2D eigenvalue weighted by Crippen LogP contribution is 2.77. The van der Waals surface area contributed by atoms with Gasteiger partial charge in [0.15, 0.2) is 0 Å². The van der Waals surface area contributed by atoms with E-state index in [4.69, 9.17) is 18.9 Å². The van der Waals surface area contributed by atoms with Gasteiger partial charge in [-0.3, -0.25) is 0 Å². The molecule has 2 aliphatic heterocycles. The van der Waals surface area contributed by atoms with Crippen LogP contribution >= 0.6 is 15.9 Å². The molecule has 2 aliphatic carbocycles. The maximum absolute atomic E-state index is 6.18. The van der Waals surface area contributed by atoms with Crippen LogP contribution in [0.15, 0.2) is 0 Å². The third kappa shape index (κ3) is 1.11. The molecule has 0 aromatic rings. The summed E-state index contributed by atoms with van der Waals surface area (Å²) in [6.45, 7) is 7.16. The van der Waals surface area contributed by atoms with E-state index in [0.29, 0.717) is 32.3 Å². The maximum atomic E-state index is 6.18. The highest BCUT2D eigenvalue weighted by Gasteiger charge is 2.86. The molecule has 3 atom stereocenters. The SMILES string of the molecule is C[C@]1(CBr)[C@H]2CC[C@@]1(C)C1(OCCO1)C21OCCO1. The molecule has 2 heterocycles. The van der Waals surface area contributed by atoms with Crippen LogP contribution in [0.4, 0.5) is 0 Å². The van der Waals surface area contributed by atoms with Crippen molar-refractivity contribution >= 4 is 15.9 Å². The summed E-state index contributed by atoms with van der Waals surface area (Å²) in [5.74, 6) is -1.09. The molecule has 0 N–H and O–H groups in total. The van der Waals surface area contributed by atoms with Gasteiger partial charge in [0.1, 0.15) is 0 Å². The van der Waals surface area contributed by atoms with Crippen LogP contribution in [0.2, 0.25) is 0 Å². The molecule has 0 unspecified atom stereocenters. The molecular formula is C14H21BrO4. The summed E-state index contributed by atoms with van der Waals surface area (Å²) >= 11 is 3.73. The summed E-state index contributed by atoms with van der Waals surface area (Å²) in [4.78, 5) is 0. The number of halogens is 1. The number of alkyl halides is 1. The van der Waals surface area contributed by atoms with Crippen molar-refractivity contribution in [3.05, 3.63) is 0 Å². The molecule has 4 aliphatic rings. The Hall–Kier alpha value is 0.320. The minimum absolute atomic E-state index is 0.0711. The highest BCUT2D eigenvalue weighted by molar-refractivity contribution is 9.09. The fourth-order valence-corrected chi connectivity index (χ4v) is 6.19. The van der Waals surface area contributed by atoms with Crippen molar-refractivity contribution < 1.29 is 18.9 Å². The predicted molar refractivity (Wildman–Crippen MR) is 72.0 cm³/mol. The Morgan fingerprint density at radius 3 is 2.16 bits per heavy atom. The van der Waals surface area contributed by atoms with Crippen LogP contribution < -0.4 is 0 Å². The molecule has 2 saturated heterocycles. The van der Waals surface area contributed by atoms with E-state index in [1.54, 1.807) is 0 Å². The average molecular weight is 333 g/mol. The molecular weight excluding hydrogens is 312 g/mol. The van der Waals surface area contributed by atoms with E-state index < -0.39 is 11.6 Å². The van der Waals surface area contributed by atoms with Gasteiger partial charge in [-0.25, -0.2) is 0 Å². The summed E-state index contributed by atoms with van der Waals surface area (Å²) in [7, 11) is 0. The molecule has 4 nitrogen and oxygen atoms in total. The molecule has 108 valence electrons. The van der Waals surface area contributed by atoms with Gasteiger partial charge in [-0.15, -0.1) is 0 Å². The smallest absolute Gasteiger partial charge is 0.230 e. The lowest BCUT2D eigenvalue weighted by atomic mass is 9.68. The van der Waals surface area contributed by atoms with E-state index in [9.17, 15) is 0 Å². The van der Waals surface area contributed by atoms with E-state index in [1.807, 2.05) is 0 Å². The van der Waals surface area contributed by atoms with E-state index >= 15 is 0 Å². The molecule has 2 spiro atoms. The maximum Gasteiger partial charge on any atom is 0.230 e. The third-order valence-corrected chi connectivity index (χ3v) is 7.46. The highest BCUT2D eigenvalue weighted by atomic mass is 79.9. The lowest BCUT2D eigenvalue weighted by Crippen LogP contribution is -2.63. The van der Waals surface area contributed by atoms with Crippen LogP contribution in [0.3, 0.4) is 0 Å². The van der Waals surface area contributed by atoms with Gasteiger partial charge in [-0.2, -0.15) is 0 Å². The normalized spacial score (nSPS) is 49.7. The van der Waals surface area contributed by atoms with Gasteiger partial charge in [0.05, 0.1) is 26.4 Å². The molecule has 2 saturated carbocycles. The Balaban J connectivity index is 1.93. The van der Waals surface area contributed by atoms with Gasteiger partial charge in [-0.1, -0.05) is 29.8 Å². The fourth-order valence-electron chi connectivity index (χ4n) is 5.18. The van der Waals surface area contributed by atoms with Crippen LogP contribution in [-0.2, 0) is 18.9 Å². The average Bonchev–Trinajstić information content (AvgIpc) is 3.11. The summed E-state index contributed by atoms with van der Waals surface area (Å²) in [5.41, 5.74) is -0.00329. The van der Waals surface area contributed by atoms with Gasteiger partial charge < -0.3 is 18.9 Å².